The molecule has 0 aliphatic carbocycles. The number of amides is 1. The van der Waals surface area contributed by atoms with E-state index < -0.39 is 0 Å². The summed E-state index contributed by atoms with van der Waals surface area (Å²) >= 11 is 7.47. The zero-order valence-electron chi connectivity index (χ0n) is 18.4. The van der Waals surface area contributed by atoms with Gasteiger partial charge in [-0.15, -0.1) is 10.2 Å². The van der Waals surface area contributed by atoms with Crippen molar-refractivity contribution in [2.75, 3.05) is 12.4 Å². The molecular formula is C26H23ClN4O2S. The molecule has 8 heteroatoms. The summed E-state index contributed by atoms with van der Waals surface area (Å²) in [6.45, 7) is 0.586. The summed E-state index contributed by atoms with van der Waals surface area (Å²) in [5.41, 5.74) is 3.06. The molecule has 1 aromatic heterocycles. The van der Waals surface area contributed by atoms with Gasteiger partial charge in [0, 0.05) is 29.1 Å². The van der Waals surface area contributed by atoms with Gasteiger partial charge in [-0.2, -0.15) is 0 Å². The molecule has 5 rings (SSSR count). The monoisotopic (exact) mass is 490 g/mol. The molecule has 4 aromatic rings. The lowest BCUT2D eigenvalue weighted by Crippen LogP contribution is -2.33. The summed E-state index contributed by atoms with van der Waals surface area (Å²) in [6.07, 6.45) is 1.37. The number of benzene rings is 3. The Kier molecular flexibility index (Phi) is 6.83. The lowest BCUT2D eigenvalue weighted by molar-refractivity contribution is -0.119. The van der Waals surface area contributed by atoms with E-state index in [9.17, 15) is 4.79 Å². The number of thioether (sulfide) groups is 1. The number of nitrogens with one attached hydrogen (secondary N) is 1. The smallest absolute Gasteiger partial charge is 0.230 e. The maximum Gasteiger partial charge on any atom is 0.230 e. The van der Waals surface area contributed by atoms with Crippen molar-refractivity contribution in [1.82, 2.24) is 20.1 Å². The van der Waals surface area contributed by atoms with Crippen molar-refractivity contribution in [3.8, 4) is 11.4 Å². The molecule has 0 saturated carbocycles. The van der Waals surface area contributed by atoms with Gasteiger partial charge in [-0.1, -0.05) is 71.9 Å². The highest BCUT2D eigenvalue weighted by Crippen LogP contribution is 2.32. The number of halogens is 1. The molecule has 1 aliphatic rings. The number of hydrogen-bond donors (Lipinski definition) is 1. The number of fused-ring (bicyclic) bond motifs is 1. The number of rotatable bonds is 7. The van der Waals surface area contributed by atoms with E-state index in [1.165, 1.54) is 11.8 Å². The Balaban J connectivity index is 1.33. The first kappa shape index (κ1) is 22.5. The van der Waals surface area contributed by atoms with Crippen molar-refractivity contribution in [3.63, 3.8) is 0 Å². The summed E-state index contributed by atoms with van der Waals surface area (Å²) in [5.74, 6) is 1.81. The molecule has 1 atom stereocenters. The summed E-state index contributed by atoms with van der Waals surface area (Å²) < 4.78 is 7.69. The fourth-order valence-electron chi connectivity index (χ4n) is 3.99. The van der Waals surface area contributed by atoms with Crippen LogP contribution in [0.4, 0.5) is 0 Å². The minimum atomic E-state index is -0.0548. The van der Waals surface area contributed by atoms with Gasteiger partial charge >= 0.3 is 0 Å². The summed E-state index contributed by atoms with van der Waals surface area (Å²) in [6, 6.07) is 25.5. The van der Waals surface area contributed by atoms with Crippen molar-refractivity contribution in [3.05, 3.63) is 101 Å². The molecule has 172 valence electrons. The third kappa shape index (κ3) is 5.11. The zero-order chi connectivity index (χ0) is 23.3. The SMILES string of the molecule is O=C(CSc1nnc(Cc2ccccc2)n1-c1ccc(Cl)cc1)NC1CCOc2ccccc21. The van der Waals surface area contributed by atoms with Crippen molar-refractivity contribution in [2.45, 2.75) is 24.0 Å². The van der Waals surface area contributed by atoms with Crippen LogP contribution in [0.2, 0.25) is 5.02 Å². The van der Waals surface area contributed by atoms with Crippen LogP contribution in [0.5, 0.6) is 5.75 Å². The number of carbonyl (C=O) groups is 1. The molecule has 1 unspecified atom stereocenters. The second-order valence-corrected chi connectivity index (χ2v) is 9.34. The fraction of sp³-hybridized carbons (Fsp3) is 0.192. The van der Waals surface area contributed by atoms with E-state index in [2.05, 4.69) is 27.6 Å². The molecule has 0 radical (unpaired) electrons. The van der Waals surface area contributed by atoms with Crippen LogP contribution in [0.25, 0.3) is 5.69 Å². The second kappa shape index (κ2) is 10.3. The molecule has 1 N–H and O–H groups in total. The van der Waals surface area contributed by atoms with Crippen molar-refractivity contribution < 1.29 is 9.53 Å². The second-order valence-electron chi connectivity index (χ2n) is 7.96. The Labute approximate surface area is 207 Å². The number of ether oxygens (including phenoxy) is 1. The van der Waals surface area contributed by atoms with Crippen LogP contribution < -0.4 is 10.1 Å². The molecule has 6 nitrogen and oxygen atoms in total. The van der Waals surface area contributed by atoms with Gasteiger partial charge in [-0.3, -0.25) is 9.36 Å². The molecule has 0 spiro atoms. The Hall–Kier alpha value is -3.29. The van der Waals surface area contributed by atoms with E-state index in [0.29, 0.717) is 23.2 Å². The van der Waals surface area contributed by atoms with Gasteiger partial charge in [0.15, 0.2) is 5.16 Å². The van der Waals surface area contributed by atoms with Gasteiger partial charge in [-0.05, 0) is 35.9 Å². The van der Waals surface area contributed by atoms with E-state index in [-0.39, 0.29) is 17.7 Å². The van der Waals surface area contributed by atoms with Gasteiger partial charge in [-0.25, -0.2) is 0 Å². The number of hydrogen-bond acceptors (Lipinski definition) is 5. The van der Waals surface area contributed by atoms with Gasteiger partial charge in [0.2, 0.25) is 5.91 Å². The van der Waals surface area contributed by atoms with Crippen molar-refractivity contribution >= 4 is 29.3 Å². The van der Waals surface area contributed by atoms with E-state index in [0.717, 1.165) is 34.8 Å². The maximum absolute atomic E-state index is 12.8. The molecule has 0 fully saturated rings. The van der Waals surface area contributed by atoms with E-state index >= 15 is 0 Å². The van der Waals surface area contributed by atoms with Gasteiger partial charge in [0.25, 0.3) is 0 Å². The third-order valence-electron chi connectivity index (χ3n) is 5.62. The highest BCUT2D eigenvalue weighted by molar-refractivity contribution is 7.99. The van der Waals surface area contributed by atoms with Crippen LogP contribution in [-0.2, 0) is 11.2 Å². The predicted octanol–water partition coefficient (Wildman–Crippen LogP) is 5.24. The molecule has 34 heavy (non-hydrogen) atoms. The normalized spacial score (nSPS) is 14.8. The Morgan fingerprint density at radius 1 is 1.03 bits per heavy atom. The van der Waals surface area contributed by atoms with Crippen molar-refractivity contribution in [1.29, 1.82) is 0 Å². The number of nitrogens with zero attached hydrogens (tertiary/aromatic N) is 3. The minimum absolute atomic E-state index is 0.0537. The first-order chi connectivity index (χ1) is 16.7. The molecule has 0 bridgehead atoms. The lowest BCUT2D eigenvalue weighted by Gasteiger charge is -2.26. The highest BCUT2D eigenvalue weighted by atomic mass is 35.5. The predicted molar refractivity (Wildman–Crippen MR) is 134 cm³/mol. The summed E-state index contributed by atoms with van der Waals surface area (Å²) in [7, 11) is 0. The van der Waals surface area contributed by atoms with Gasteiger partial charge in [0.1, 0.15) is 11.6 Å². The largest absolute Gasteiger partial charge is 0.493 e. The van der Waals surface area contributed by atoms with Crippen LogP contribution in [0.1, 0.15) is 29.4 Å². The molecule has 2 heterocycles. The van der Waals surface area contributed by atoms with Crippen LogP contribution in [-0.4, -0.2) is 33.0 Å². The Morgan fingerprint density at radius 2 is 1.79 bits per heavy atom. The Morgan fingerprint density at radius 3 is 2.62 bits per heavy atom. The third-order valence-corrected chi connectivity index (χ3v) is 6.80. The highest BCUT2D eigenvalue weighted by Gasteiger charge is 2.23. The van der Waals surface area contributed by atoms with Crippen molar-refractivity contribution in [2.24, 2.45) is 0 Å². The van der Waals surface area contributed by atoms with Crippen LogP contribution in [0.15, 0.2) is 84.0 Å². The standard InChI is InChI=1S/C26H23ClN4O2S/c27-19-10-12-20(13-11-19)31-24(16-18-6-2-1-3-7-18)29-30-26(31)34-17-25(32)28-22-14-15-33-23-9-5-4-8-21(22)23/h1-13,22H,14-17H2,(H,28,32). The topological polar surface area (TPSA) is 69.0 Å². The van der Waals surface area contributed by atoms with Crippen LogP contribution >= 0.6 is 23.4 Å². The van der Waals surface area contributed by atoms with E-state index in [1.54, 1.807) is 0 Å². The fourth-order valence-corrected chi connectivity index (χ4v) is 4.90. The van der Waals surface area contributed by atoms with E-state index in [4.69, 9.17) is 16.3 Å². The number of para-hydroxylation sites is 1. The molecular weight excluding hydrogens is 468 g/mol. The average Bonchev–Trinajstić information content (AvgIpc) is 3.26. The first-order valence-corrected chi connectivity index (χ1v) is 12.4. The molecule has 1 amide bonds. The summed E-state index contributed by atoms with van der Waals surface area (Å²) in [4.78, 5) is 12.8. The number of carbonyl (C=O) groups excluding carboxylic acids is 1. The average molecular weight is 491 g/mol. The van der Waals surface area contributed by atoms with E-state index in [1.807, 2.05) is 71.3 Å². The quantitative estimate of drug-likeness (QED) is 0.359. The zero-order valence-corrected chi connectivity index (χ0v) is 19.9. The van der Waals surface area contributed by atoms with Gasteiger partial charge < -0.3 is 10.1 Å². The maximum atomic E-state index is 12.8. The van der Waals surface area contributed by atoms with Gasteiger partial charge in [0.05, 0.1) is 18.4 Å². The lowest BCUT2D eigenvalue weighted by atomic mass is 10.0. The molecule has 3 aromatic carbocycles. The Bertz CT molecular complexity index is 1280. The minimum Gasteiger partial charge on any atom is -0.493 e. The number of aromatic nitrogens is 3. The first-order valence-electron chi connectivity index (χ1n) is 11.1. The molecule has 0 saturated heterocycles. The summed E-state index contributed by atoms with van der Waals surface area (Å²) in [5, 5.41) is 13.3. The van der Waals surface area contributed by atoms with Crippen LogP contribution in [0.3, 0.4) is 0 Å². The molecule has 1 aliphatic heterocycles. The van der Waals surface area contributed by atoms with Crippen LogP contribution in [0, 0.1) is 0 Å².